The molecule has 0 aliphatic heterocycles. The fourth-order valence-corrected chi connectivity index (χ4v) is 3.73. The summed E-state index contributed by atoms with van der Waals surface area (Å²) in [6, 6.07) is 3.45. The molecule has 19 heavy (non-hydrogen) atoms. The van der Waals surface area contributed by atoms with Gasteiger partial charge in [-0.15, -0.1) is 0 Å². The van der Waals surface area contributed by atoms with Gasteiger partial charge in [-0.3, -0.25) is 0 Å². The van der Waals surface area contributed by atoms with E-state index in [-0.39, 0.29) is 4.90 Å². The van der Waals surface area contributed by atoms with Crippen molar-refractivity contribution in [2.45, 2.75) is 45.4 Å². The minimum Gasteiger partial charge on any atom is -0.493 e. The Labute approximate surface area is 120 Å². The van der Waals surface area contributed by atoms with Crippen LogP contribution in [0.4, 0.5) is 0 Å². The smallest absolute Gasteiger partial charge is 0.261 e. The standard InChI is InChI=1S/C14H21ClO3S/c1-5-12(6-2)9-18-13-7-10(3)14(11(4)8-13)19(15,16)17/h7-8,12H,5-6,9H2,1-4H3. The molecule has 5 heteroatoms. The first-order valence-electron chi connectivity index (χ1n) is 6.48. The highest BCUT2D eigenvalue weighted by atomic mass is 35.7. The summed E-state index contributed by atoms with van der Waals surface area (Å²) in [5.41, 5.74) is 1.24. The average Bonchev–Trinajstić information content (AvgIpc) is 2.27. The molecule has 0 aliphatic rings. The molecule has 0 radical (unpaired) electrons. The van der Waals surface area contributed by atoms with E-state index in [9.17, 15) is 8.42 Å². The van der Waals surface area contributed by atoms with E-state index in [1.807, 2.05) is 0 Å². The molecule has 0 heterocycles. The normalized spacial score (nSPS) is 11.9. The van der Waals surface area contributed by atoms with E-state index in [0.29, 0.717) is 29.4 Å². The number of aryl methyl sites for hydroxylation is 2. The number of halogens is 1. The lowest BCUT2D eigenvalue weighted by Crippen LogP contribution is -2.10. The van der Waals surface area contributed by atoms with Gasteiger partial charge in [-0.1, -0.05) is 26.7 Å². The highest BCUT2D eigenvalue weighted by molar-refractivity contribution is 8.13. The summed E-state index contributed by atoms with van der Waals surface area (Å²) < 4.78 is 28.7. The predicted molar refractivity (Wildman–Crippen MR) is 78.5 cm³/mol. The molecule has 3 nitrogen and oxygen atoms in total. The molecule has 0 spiro atoms. The molecule has 0 bridgehead atoms. The molecule has 0 fully saturated rings. The van der Waals surface area contributed by atoms with E-state index in [1.54, 1.807) is 26.0 Å². The molecule has 0 amide bonds. The van der Waals surface area contributed by atoms with Crippen molar-refractivity contribution >= 4 is 19.7 Å². The molecule has 0 atom stereocenters. The first-order chi connectivity index (χ1) is 8.79. The Balaban J connectivity index is 2.96. The molecule has 0 unspecified atom stereocenters. The Bertz CT molecular complexity index is 511. The third-order valence-electron chi connectivity index (χ3n) is 3.32. The topological polar surface area (TPSA) is 43.4 Å². The van der Waals surface area contributed by atoms with Crippen LogP contribution in [-0.4, -0.2) is 15.0 Å². The van der Waals surface area contributed by atoms with Crippen molar-refractivity contribution in [3.8, 4) is 5.75 Å². The first-order valence-corrected chi connectivity index (χ1v) is 8.79. The van der Waals surface area contributed by atoms with Crippen molar-refractivity contribution in [2.24, 2.45) is 5.92 Å². The molecule has 0 saturated heterocycles. The number of ether oxygens (including phenoxy) is 1. The van der Waals surface area contributed by atoms with Crippen LogP contribution in [0.2, 0.25) is 0 Å². The molecular weight excluding hydrogens is 284 g/mol. The van der Waals surface area contributed by atoms with Gasteiger partial charge >= 0.3 is 0 Å². The lowest BCUT2D eigenvalue weighted by Gasteiger charge is -2.15. The Hall–Kier alpha value is -0.740. The molecule has 1 rings (SSSR count). The fourth-order valence-electron chi connectivity index (χ4n) is 2.12. The summed E-state index contributed by atoms with van der Waals surface area (Å²) in [6.45, 7) is 8.38. The minimum atomic E-state index is -3.70. The zero-order valence-corrected chi connectivity index (χ0v) is 13.4. The second-order valence-electron chi connectivity index (χ2n) is 4.82. The van der Waals surface area contributed by atoms with E-state index >= 15 is 0 Å². The zero-order chi connectivity index (χ0) is 14.6. The Morgan fingerprint density at radius 1 is 1.16 bits per heavy atom. The van der Waals surface area contributed by atoms with Gasteiger partial charge in [0.05, 0.1) is 11.5 Å². The maximum atomic E-state index is 11.5. The maximum absolute atomic E-state index is 11.5. The Morgan fingerprint density at radius 3 is 2.00 bits per heavy atom. The van der Waals surface area contributed by atoms with Gasteiger partial charge in [0.1, 0.15) is 5.75 Å². The van der Waals surface area contributed by atoms with Gasteiger partial charge in [-0.2, -0.15) is 0 Å². The highest BCUT2D eigenvalue weighted by Gasteiger charge is 2.18. The molecule has 0 saturated carbocycles. The third kappa shape index (κ3) is 4.39. The van der Waals surface area contributed by atoms with Crippen LogP contribution in [0, 0.1) is 19.8 Å². The van der Waals surface area contributed by atoms with Crippen molar-refractivity contribution < 1.29 is 13.2 Å². The summed E-state index contributed by atoms with van der Waals surface area (Å²) in [6.07, 6.45) is 2.14. The van der Waals surface area contributed by atoms with Crippen molar-refractivity contribution in [1.82, 2.24) is 0 Å². The Kier molecular flexibility index (Phi) is 5.68. The Morgan fingerprint density at radius 2 is 1.63 bits per heavy atom. The van der Waals surface area contributed by atoms with Crippen LogP contribution in [0.15, 0.2) is 17.0 Å². The van der Waals surface area contributed by atoms with Crippen LogP contribution in [0.5, 0.6) is 5.75 Å². The van der Waals surface area contributed by atoms with Crippen molar-refractivity contribution in [3.63, 3.8) is 0 Å². The molecular formula is C14H21ClO3S. The third-order valence-corrected chi connectivity index (χ3v) is 4.91. The molecule has 0 N–H and O–H groups in total. The molecule has 108 valence electrons. The van der Waals surface area contributed by atoms with Gasteiger partial charge in [0.25, 0.3) is 9.05 Å². The van der Waals surface area contributed by atoms with Crippen LogP contribution in [0.1, 0.15) is 37.8 Å². The average molecular weight is 305 g/mol. The fraction of sp³-hybridized carbons (Fsp3) is 0.571. The molecule has 1 aromatic rings. The lowest BCUT2D eigenvalue weighted by atomic mass is 10.1. The molecule has 0 aliphatic carbocycles. The number of rotatable bonds is 6. The van der Waals surface area contributed by atoms with E-state index in [2.05, 4.69) is 13.8 Å². The summed E-state index contributed by atoms with van der Waals surface area (Å²) in [5.74, 6) is 1.23. The second-order valence-corrected chi connectivity index (χ2v) is 7.32. The molecule has 0 aromatic heterocycles. The summed E-state index contributed by atoms with van der Waals surface area (Å²) in [7, 11) is 1.72. The van der Waals surface area contributed by atoms with E-state index in [4.69, 9.17) is 15.4 Å². The zero-order valence-electron chi connectivity index (χ0n) is 11.9. The van der Waals surface area contributed by atoms with Crippen LogP contribution in [0.25, 0.3) is 0 Å². The second kappa shape index (κ2) is 6.62. The van der Waals surface area contributed by atoms with Gasteiger partial charge in [0, 0.05) is 10.7 Å². The quantitative estimate of drug-likeness (QED) is 0.745. The first kappa shape index (κ1) is 16.3. The van der Waals surface area contributed by atoms with Gasteiger partial charge < -0.3 is 4.74 Å². The maximum Gasteiger partial charge on any atom is 0.261 e. The van der Waals surface area contributed by atoms with E-state index in [0.717, 1.165) is 12.8 Å². The van der Waals surface area contributed by atoms with Crippen molar-refractivity contribution in [1.29, 1.82) is 0 Å². The predicted octanol–water partition coefficient (Wildman–Crippen LogP) is 4.05. The van der Waals surface area contributed by atoms with Gasteiger partial charge in [0.15, 0.2) is 0 Å². The lowest BCUT2D eigenvalue weighted by molar-refractivity contribution is 0.240. The number of hydrogen-bond donors (Lipinski definition) is 0. The summed E-state index contributed by atoms with van der Waals surface area (Å²) in [5, 5.41) is 0. The highest BCUT2D eigenvalue weighted by Crippen LogP contribution is 2.28. The largest absolute Gasteiger partial charge is 0.493 e. The number of benzene rings is 1. The minimum absolute atomic E-state index is 0.184. The monoisotopic (exact) mass is 304 g/mol. The van der Waals surface area contributed by atoms with Crippen molar-refractivity contribution in [3.05, 3.63) is 23.3 Å². The number of hydrogen-bond acceptors (Lipinski definition) is 3. The SMILES string of the molecule is CCC(CC)COc1cc(C)c(S(=O)(=O)Cl)c(C)c1. The summed E-state index contributed by atoms with van der Waals surface area (Å²) >= 11 is 0. The van der Waals surface area contributed by atoms with Crippen LogP contribution < -0.4 is 4.74 Å². The van der Waals surface area contributed by atoms with E-state index in [1.165, 1.54) is 0 Å². The van der Waals surface area contributed by atoms with Crippen molar-refractivity contribution in [2.75, 3.05) is 6.61 Å². The van der Waals surface area contributed by atoms with Gasteiger partial charge in [-0.25, -0.2) is 8.42 Å². The molecule has 1 aromatic carbocycles. The van der Waals surface area contributed by atoms with Gasteiger partial charge in [-0.05, 0) is 43.0 Å². The van der Waals surface area contributed by atoms with Crippen LogP contribution in [0.3, 0.4) is 0 Å². The summed E-state index contributed by atoms with van der Waals surface area (Å²) in [4.78, 5) is 0.184. The van der Waals surface area contributed by atoms with Gasteiger partial charge in [0.2, 0.25) is 0 Å². The van der Waals surface area contributed by atoms with Crippen LogP contribution in [-0.2, 0) is 9.05 Å². The van der Waals surface area contributed by atoms with E-state index < -0.39 is 9.05 Å². The van der Waals surface area contributed by atoms with Crippen LogP contribution >= 0.6 is 10.7 Å².